The lowest BCUT2D eigenvalue weighted by Crippen LogP contribution is -2.16. The molecular weight excluding hydrogens is 352 g/mol. The van der Waals surface area contributed by atoms with E-state index in [1.165, 1.54) is 19.3 Å². The molecule has 28 heavy (non-hydrogen) atoms. The number of hydrogen-bond donors (Lipinski definition) is 2. The standard InChI is InChI=1S/C24H38O4/c1-4-7-10-11-12-13-16-20-19(15-9-6-3)18(14-8-5-2)17-21(23(25)26)22(20)24(27)28/h17H,4-16H2,1-3H3,(H,25,26)(H,27,28). The Morgan fingerprint density at radius 3 is 1.79 bits per heavy atom. The van der Waals surface area contributed by atoms with Gasteiger partial charge >= 0.3 is 11.9 Å². The summed E-state index contributed by atoms with van der Waals surface area (Å²) in [7, 11) is 0. The molecule has 0 spiro atoms. The highest BCUT2D eigenvalue weighted by molar-refractivity contribution is 6.03. The van der Waals surface area contributed by atoms with Crippen LogP contribution in [0.4, 0.5) is 0 Å². The average molecular weight is 391 g/mol. The Kier molecular flexibility index (Phi) is 11.5. The van der Waals surface area contributed by atoms with Crippen molar-refractivity contribution in [3.05, 3.63) is 33.9 Å². The Balaban J connectivity index is 3.30. The summed E-state index contributed by atoms with van der Waals surface area (Å²) in [6.07, 6.45) is 13.1. The first-order chi connectivity index (χ1) is 13.5. The lowest BCUT2D eigenvalue weighted by molar-refractivity contribution is 0.0650. The molecule has 2 N–H and O–H groups in total. The normalized spacial score (nSPS) is 11.0. The number of carboxylic acid groups (broad SMARTS) is 2. The van der Waals surface area contributed by atoms with Crippen LogP contribution in [0.2, 0.25) is 0 Å². The van der Waals surface area contributed by atoms with Crippen LogP contribution >= 0.6 is 0 Å². The highest BCUT2D eigenvalue weighted by Crippen LogP contribution is 2.29. The molecule has 0 saturated carbocycles. The number of unbranched alkanes of at least 4 members (excludes halogenated alkanes) is 7. The molecule has 0 heterocycles. The third-order valence-electron chi connectivity index (χ3n) is 5.45. The number of benzene rings is 1. The van der Waals surface area contributed by atoms with Crippen molar-refractivity contribution in [2.75, 3.05) is 0 Å². The fourth-order valence-corrected chi connectivity index (χ4v) is 3.87. The fraction of sp³-hybridized carbons (Fsp3) is 0.667. The third-order valence-corrected chi connectivity index (χ3v) is 5.45. The van der Waals surface area contributed by atoms with Crippen LogP contribution in [0.3, 0.4) is 0 Å². The van der Waals surface area contributed by atoms with Crippen molar-refractivity contribution in [3.63, 3.8) is 0 Å². The summed E-state index contributed by atoms with van der Waals surface area (Å²) in [6.45, 7) is 6.43. The van der Waals surface area contributed by atoms with E-state index >= 15 is 0 Å². The van der Waals surface area contributed by atoms with E-state index in [9.17, 15) is 19.8 Å². The molecule has 0 radical (unpaired) electrons. The summed E-state index contributed by atoms with van der Waals surface area (Å²) in [6, 6.07) is 1.64. The molecule has 0 aromatic heterocycles. The number of aromatic carboxylic acids is 2. The highest BCUT2D eigenvalue weighted by atomic mass is 16.4. The Morgan fingerprint density at radius 2 is 1.21 bits per heavy atom. The van der Waals surface area contributed by atoms with Crippen LogP contribution in [0.25, 0.3) is 0 Å². The van der Waals surface area contributed by atoms with E-state index in [-0.39, 0.29) is 11.1 Å². The molecule has 0 amide bonds. The molecule has 0 aliphatic rings. The average Bonchev–Trinajstić information content (AvgIpc) is 2.66. The molecule has 0 bridgehead atoms. The Labute approximate surface area is 170 Å². The summed E-state index contributed by atoms with van der Waals surface area (Å²) in [4.78, 5) is 23.8. The van der Waals surface area contributed by atoms with E-state index in [1.807, 2.05) is 0 Å². The zero-order valence-electron chi connectivity index (χ0n) is 18.0. The predicted octanol–water partition coefficient (Wildman–Crippen LogP) is 6.67. The highest BCUT2D eigenvalue weighted by Gasteiger charge is 2.25. The van der Waals surface area contributed by atoms with Gasteiger partial charge in [0.15, 0.2) is 0 Å². The van der Waals surface area contributed by atoms with Crippen molar-refractivity contribution in [2.24, 2.45) is 0 Å². The number of rotatable bonds is 15. The minimum atomic E-state index is -1.14. The van der Waals surface area contributed by atoms with Gasteiger partial charge < -0.3 is 10.2 Å². The quantitative estimate of drug-likeness (QED) is 0.328. The van der Waals surface area contributed by atoms with Gasteiger partial charge in [0, 0.05) is 0 Å². The van der Waals surface area contributed by atoms with Crippen LogP contribution in [-0.2, 0) is 19.3 Å². The monoisotopic (exact) mass is 390 g/mol. The maximum atomic E-state index is 12.0. The van der Waals surface area contributed by atoms with Gasteiger partial charge in [0.2, 0.25) is 0 Å². The molecule has 0 aliphatic carbocycles. The van der Waals surface area contributed by atoms with Crippen LogP contribution in [0.15, 0.2) is 6.07 Å². The van der Waals surface area contributed by atoms with Crippen LogP contribution in [0.5, 0.6) is 0 Å². The molecule has 158 valence electrons. The maximum absolute atomic E-state index is 12.0. The molecule has 0 unspecified atom stereocenters. The Hall–Kier alpha value is -1.84. The van der Waals surface area contributed by atoms with Crippen molar-refractivity contribution >= 4 is 11.9 Å². The molecule has 0 aliphatic heterocycles. The summed E-state index contributed by atoms with van der Waals surface area (Å²) in [5.74, 6) is -2.25. The minimum Gasteiger partial charge on any atom is -0.478 e. The van der Waals surface area contributed by atoms with E-state index in [0.29, 0.717) is 6.42 Å². The summed E-state index contributed by atoms with van der Waals surface area (Å²) >= 11 is 0. The second kappa shape index (κ2) is 13.4. The molecule has 0 atom stereocenters. The molecule has 4 heteroatoms. The second-order valence-corrected chi connectivity index (χ2v) is 7.75. The zero-order valence-corrected chi connectivity index (χ0v) is 18.0. The molecule has 4 nitrogen and oxygen atoms in total. The molecule has 1 aromatic carbocycles. The maximum Gasteiger partial charge on any atom is 0.336 e. The second-order valence-electron chi connectivity index (χ2n) is 7.75. The topological polar surface area (TPSA) is 74.6 Å². The predicted molar refractivity (Wildman–Crippen MR) is 115 cm³/mol. The number of hydrogen-bond acceptors (Lipinski definition) is 2. The first-order valence-corrected chi connectivity index (χ1v) is 11.1. The van der Waals surface area contributed by atoms with E-state index in [2.05, 4.69) is 20.8 Å². The van der Waals surface area contributed by atoms with Gasteiger partial charge in [0.1, 0.15) is 0 Å². The van der Waals surface area contributed by atoms with Crippen molar-refractivity contribution < 1.29 is 19.8 Å². The van der Waals surface area contributed by atoms with Gasteiger partial charge in [0.05, 0.1) is 11.1 Å². The van der Waals surface area contributed by atoms with Crippen LogP contribution in [-0.4, -0.2) is 22.2 Å². The summed E-state index contributed by atoms with van der Waals surface area (Å²) in [5.41, 5.74) is 2.90. The number of carboxylic acids is 2. The van der Waals surface area contributed by atoms with Gasteiger partial charge in [-0.1, -0.05) is 65.7 Å². The summed E-state index contributed by atoms with van der Waals surface area (Å²) in [5, 5.41) is 19.5. The molecule has 0 fully saturated rings. The first kappa shape index (κ1) is 24.2. The van der Waals surface area contributed by atoms with E-state index in [4.69, 9.17) is 0 Å². The van der Waals surface area contributed by atoms with Crippen molar-refractivity contribution in [3.8, 4) is 0 Å². The van der Waals surface area contributed by atoms with E-state index in [0.717, 1.165) is 74.5 Å². The van der Waals surface area contributed by atoms with Crippen LogP contribution in [0, 0.1) is 0 Å². The van der Waals surface area contributed by atoms with Gasteiger partial charge in [-0.15, -0.1) is 0 Å². The van der Waals surface area contributed by atoms with Gasteiger partial charge in [-0.05, 0) is 61.3 Å². The van der Waals surface area contributed by atoms with Gasteiger partial charge in [0.25, 0.3) is 0 Å². The van der Waals surface area contributed by atoms with Gasteiger partial charge in [-0.3, -0.25) is 0 Å². The van der Waals surface area contributed by atoms with Crippen molar-refractivity contribution in [1.82, 2.24) is 0 Å². The SMILES string of the molecule is CCCCCCCCc1c(CCCC)c(CCCC)cc(C(=O)O)c1C(=O)O. The largest absolute Gasteiger partial charge is 0.478 e. The van der Waals surface area contributed by atoms with Gasteiger partial charge in [-0.2, -0.15) is 0 Å². The number of aryl methyl sites for hydroxylation is 1. The zero-order chi connectivity index (χ0) is 20.9. The van der Waals surface area contributed by atoms with Crippen molar-refractivity contribution in [2.45, 2.75) is 104 Å². The number of carbonyl (C=O) groups is 2. The third kappa shape index (κ3) is 7.29. The molecule has 1 rings (SSSR count). The lowest BCUT2D eigenvalue weighted by Gasteiger charge is -2.20. The smallest absolute Gasteiger partial charge is 0.336 e. The summed E-state index contributed by atoms with van der Waals surface area (Å²) < 4.78 is 0. The van der Waals surface area contributed by atoms with Crippen molar-refractivity contribution in [1.29, 1.82) is 0 Å². The Morgan fingerprint density at radius 1 is 0.679 bits per heavy atom. The van der Waals surface area contributed by atoms with E-state index < -0.39 is 11.9 Å². The molecule has 0 saturated heterocycles. The first-order valence-electron chi connectivity index (χ1n) is 11.1. The molecular formula is C24H38O4. The van der Waals surface area contributed by atoms with Gasteiger partial charge in [-0.25, -0.2) is 9.59 Å². The van der Waals surface area contributed by atoms with Crippen LogP contribution < -0.4 is 0 Å². The minimum absolute atomic E-state index is 0.0207. The Bertz CT molecular complexity index is 634. The van der Waals surface area contributed by atoms with Crippen LogP contribution in [0.1, 0.15) is 122 Å². The lowest BCUT2D eigenvalue weighted by atomic mass is 9.84. The fourth-order valence-electron chi connectivity index (χ4n) is 3.87. The van der Waals surface area contributed by atoms with E-state index in [1.54, 1.807) is 6.07 Å². The molecule has 1 aromatic rings.